The fraction of sp³-hybridized carbons (Fsp3) is 0.250. The summed E-state index contributed by atoms with van der Waals surface area (Å²) in [5, 5.41) is 0. The molecule has 0 bridgehead atoms. The number of fused-ring (bicyclic) bond motifs is 1. The van der Waals surface area contributed by atoms with Gasteiger partial charge in [-0.25, -0.2) is 4.39 Å². The molecule has 1 unspecified atom stereocenters. The van der Waals surface area contributed by atoms with Crippen molar-refractivity contribution < 1.29 is 9.13 Å². The molecule has 0 saturated heterocycles. The summed E-state index contributed by atoms with van der Waals surface area (Å²) in [6.07, 6.45) is 0. The molecular formula is C16H15FOS. The molecule has 1 heterocycles. The predicted octanol–water partition coefficient (Wildman–Crippen LogP) is 4.40. The van der Waals surface area contributed by atoms with Crippen LogP contribution in [-0.2, 0) is 0 Å². The van der Waals surface area contributed by atoms with Crippen LogP contribution < -0.4 is 4.74 Å². The van der Waals surface area contributed by atoms with Gasteiger partial charge in [-0.1, -0.05) is 18.2 Å². The number of thioether (sulfide) groups is 1. The van der Waals surface area contributed by atoms with Crippen molar-refractivity contribution >= 4 is 11.8 Å². The molecule has 0 N–H and O–H groups in total. The zero-order valence-corrected chi connectivity index (χ0v) is 11.5. The lowest BCUT2D eigenvalue weighted by Gasteiger charge is -2.13. The minimum absolute atomic E-state index is 0.186. The van der Waals surface area contributed by atoms with Crippen molar-refractivity contribution in [3.8, 4) is 5.75 Å². The van der Waals surface area contributed by atoms with E-state index >= 15 is 0 Å². The van der Waals surface area contributed by atoms with Gasteiger partial charge in [-0.05, 0) is 42.3 Å². The monoisotopic (exact) mass is 274 g/mol. The summed E-state index contributed by atoms with van der Waals surface area (Å²) in [6.45, 7) is 2.40. The minimum Gasteiger partial charge on any atom is -0.493 e. The van der Waals surface area contributed by atoms with E-state index in [-0.39, 0.29) is 5.82 Å². The molecule has 2 aromatic rings. The maximum atomic E-state index is 13.2. The summed E-state index contributed by atoms with van der Waals surface area (Å²) >= 11 is 1.88. The Morgan fingerprint density at radius 1 is 1.26 bits per heavy atom. The van der Waals surface area contributed by atoms with Gasteiger partial charge in [0.2, 0.25) is 0 Å². The molecule has 98 valence electrons. The van der Waals surface area contributed by atoms with Crippen LogP contribution in [0, 0.1) is 12.7 Å². The lowest BCUT2D eigenvalue weighted by molar-refractivity contribution is 0.297. The van der Waals surface area contributed by atoms with Gasteiger partial charge in [-0.15, -0.1) is 11.8 Å². The van der Waals surface area contributed by atoms with Crippen molar-refractivity contribution in [1.29, 1.82) is 0 Å². The number of ether oxygens (including phenoxy) is 1. The van der Waals surface area contributed by atoms with Gasteiger partial charge in [0, 0.05) is 16.6 Å². The summed E-state index contributed by atoms with van der Waals surface area (Å²) < 4.78 is 19.0. The van der Waals surface area contributed by atoms with Crippen molar-refractivity contribution in [2.45, 2.75) is 17.7 Å². The van der Waals surface area contributed by atoms with E-state index in [1.54, 1.807) is 19.1 Å². The Morgan fingerprint density at radius 3 is 2.95 bits per heavy atom. The largest absolute Gasteiger partial charge is 0.493 e. The fourth-order valence-electron chi connectivity index (χ4n) is 2.27. The van der Waals surface area contributed by atoms with Crippen LogP contribution in [0.3, 0.4) is 0 Å². The average Bonchev–Trinajstić information content (AvgIpc) is 2.83. The molecule has 1 aliphatic heterocycles. The van der Waals surface area contributed by atoms with Crippen molar-refractivity contribution in [2.75, 3.05) is 12.4 Å². The van der Waals surface area contributed by atoms with Gasteiger partial charge in [-0.3, -0.25) is 0 Å². The number of aryl methyl sites for hydroxylation is 1. The van der Waals surface area contributed by atoms with Crippen LogP contribution in [0.5, 0.6) is 5.75 Å². The fourth-order valence-corrected chi connectivity index (χ4v) is 3.50. The molecule has 3 rings (SSSR count). The van der Waals surface area contributed by atoms with E-state index in [1.165, 1.54) is 16.5 Å². The van der Waals surface area contributed by atoms with Crippen LogP contribution in [0.4, 0.5) is 4.39 Å². The molecule has 1 aliphatic rings. The number of hydrogen-bond acceptors (Lipinski definition) is 2. The standard InChI is InChI=1S/C16H15FOS/c1-11-8-13(6-7-15(11)17)18-9-12-10-19-16-5-3-2-4-14(12)16/h2-8,12H,9-10H2,1H3. The van der Waals surface area contributed by atoms with E-state index in [1.807, 2.05) is 11.8 Å². The zero-order chi connectivity index (χ0) is 13.2. The molecule has 2 aromatic carbocycles. The summed E-state index contributed by atoms with van der Waals surface area (Å²) in [7, 11) is 0. The highest BCUT2D eigenvalue weighted by Crippen LogP contribution is 2.39. The summed E-state index contributed by atoms with van der Waals surface area (Å²) in [6, 6.07) is 13.4. The minimum atomic E-state index is -0.186. The molecule has 0 amide bonds. The first kappa shape index (κ1) is 12.5. The Morgan fingerprint density at radius 2 is 2.11 bits per heavy atom. The van der Waals surface area contributed by atoms with Crippen molar-refractivity contribution in [3.05, 3.63) is 59.4 Å². The number of rotatable bonds is 3. The normalized spacial score (nSPS) is 17.3. The van der Waals surface area contributed by atoms with Crippen LogP contribution in [0.25, 0.3) is 0 Å². The van der Waals surface area contributed by atoms with E-state index < -0.39 is 0 Å². The second kappa shape index (κ2) is 5.25. The van der Waals surface area contributed by atoms with E-state index in [4.69, 9.17) is 4.74 Å². The molecule has 3 heteroatoms. The van der Waals surface area contributed by atoms with Crippen molar-refractivity contribution in [1.82, 2.24) is 0 Å². The molecule has 1 nitrogen and oxygen atoms in total. The third-order valence-electron chi connectivity index (χ3n) is 3.38. The predicted molar refractivity (Wildman–Crippen MR) is 76.5 cm³/mol. The van der Waals surface area contributed by atoms with Gasteiger partial charge in [-0.2, -0.15) is 0 Å². The molecular weight excluding hydrogens is 259 g/mol. The maximum absolute atomic E-state index is 13.2. The summed E-state index contributed by atoms with van der Waals surface area (Å²) in [5.74, 6) is 2.04. The number of benzene rings is 2. The molecule has 0 aromatic heterocycles. The molecule has 0 spiro atoms. The van der Waals surface area contributed by atoms with Crippen LogP contribution in [0.2, 0.25) is 0 Å². The first-order valence-corrected chi connectivity index (χ1v) is 7.33. The highest BCUT2D eigenvalue weighted by atomic mass is 32.2. The van der Waals surface area contributed by atoms with Gasteiger partial charge >= 0.3 is 0 Å². The first-order chi connectivity index (χ1) is 9.24. The van der Waals surface area contributed by atoms with Gasteiger partial charge in [0.1, 0.15) is 11.6 Å². The lowest BCUT2D eigenvalue weighted by atomic mass is 10.0. The third kappa shape index (κ3) is 2.61. The molecule has 1 atom stereocenters. The summed E-state index contributed by atoms with van der Waals surface area (Å²) in [4.78, 5) is 1.35. The van der Waals surface area contributed by atoms with E-state index in [9.17, 15) is 4.39 Å². The van der Waals surface area contributed by atoms with Crippen LogP contribution in [0.1, 0.15) is 17.0 Å². The highest BCUT2D eigenvalue weighted by Gasteiger charge is 2.23. The quantitative estimate of drug-likeness (QED) is 0.820. The SMILES string of the molecule is Cc1cc(OCC2CSc3ccccc32)ccc1F. The Kier molecular flexibility index (Phi) is 3.47. The van der Waals surface area contributed by atoms with Gasteiger partial charge in [0.15, 0.2) is 0 Å². The van der Waals surface area contributed by atoms with Crippen molar-refractivity contribution in [3.63, 3.8) is 0 Å². The van der Waals surface area contributed by atoms with E-state index in [0.717, 1.165) is 11.5 Å². The van der Waals surface area contributed by atoms with Gasteiger partial charge in [0.25, 0.3) is 0 Å². The first-order valence-electron chi connectivity index (χ1n) is 6.35. The zero-order valence-electron chi connectivity index (χ0n) is 10.7. The number of halogens is 1. The van der Waals surface area contributed by atoms with E-state index in [0.29, 0.717) is 18.1 Å². The topological polar surface area (TPSA) is 9.23 Å². The van der Waals surface area contributed by atoms with Gasteiger partial charge < -0.3 is 4.74 Å². The maximum Gasteiger partial charge on any atom is 0.126 e. The second-order valence-corrected chi connectivity index (χ2v) is 5.83. The summed E-state index contributed by atoms with van der Waals surface area (Å²) in [5.41, 5.74) is 1.99. The van der Waals surface area contributed by atoms with Crippen LogP contribution >= 0.6 is 11.8 Å². The Bertz CT molecular complexity index is 597. The highest BCUT2D eigenvalue weighted by molar-refractivity contribution is 7.99. The Hall–Kier alpha value is -1.48. The van der Waals surface area contributed by atoms with E-state index in [2.05, 4.69) is 24.3 Å². The van der Waals surface area contributed by atoms with Crippen LogP contribution in [0.15, 0.2) is 47.4 Å². The second-order valence-electron chi connectivity index (χ2n) is 4.77. The van der Waals surface area contributed by atoms with Crippen molar-refractivity contribution in [2.24, 2.45) is 0 Å². The lowest BCUT2D eigenvalue weighted by Crippen LogP contribution is -2.09. The third-order valence-corrected chi connectivity index (χ3v) is 4.63. The molecule has 0 saturated carbocycles. The molecule has 19 heavy (non-hydrogen) atoms. The van der Waals surface area contributed by atoms with Gasteiger partial charge in [0.05, 0.1) is 6.61 Å². The average molecular weight is 274 g/mol. The number of hydrogen-bond donors (Lipinski definition) is 0. The molecule has 0 radical (unpaired) electrons. The molecule has 0 aliphatic carbocycles. The molecule has 0 fully saturated rings. The smallest absolute Gasteiger partial charge is 0.126 e. The van der Waals surface area contributed by atoms with Crippen LogP contribution in [-0.4, -0.2) is 12.4 Å². The Labute approximate surface area is 116 Å². The Balaban J connectivity index is 1.69.